The number of piperidine rings is 2. The summed E-state index contributed by atoms with van der Waals surface area (Å²) in [6.45, 7) is 5.98. The molecule has 0 radical (unpaired) electrons. The second-order valence-corrected chi connectivity index (χ2v) is 6.39. The average Bonchev–Trinajstić information content (AvgIpc) is 2.47. The number of hydrogen-bond acceptors (Lipinski definition) is 5. The smallest absolute Gasteiger partial charge is 0.290 e. The molecule has 1 atom stereocenters. The molecule has 3 rings (SSSR count). The van der Waals surface area contributed by atoms with Gasteiger partial charge in [-0.2, -0.15) is 0 Å². The second-order valence-electron chi connectivity index (χ2n) is 6.39. The van der Waals surface area contributed by atoms with Crippen LogP contribution in [-0.4, -0.2) is 36.1 Å². The summed E-state index contributed by atoms with van der Waals surface area (Å²) in [4.78, 5) is 17.2. The lowest BCUT2D eigenvalue weighted by molar-refractivity contribution is -0.385. The van der Waals surface area contributed by atoms with E-state index in [1.165, 1.54) is 31.9 Å². The van der Waals surface area contributed by atoms with E-state index in [2.05, 4.69) is 15.2 Å². The van der Waals surface area contributed by atoms with E-state index in [1.54, 1.807) is 6.92 Å². The number of anilines is 1. The van der Waals surface area contributed by atoms with Crippen molar-refractivity contribution in [1.29, 1.82) is 0 Å². The molecular weight excluding hydrogens is 268 g/mol. The third-order valence-electron chi connectivity index (χ3n) is 4.81. The van der Waals surface area contributed by atoms with Crippen LogP contribution in [-0.2, 0) is 0 Å². The van der Waals surface area contributed by atoms with Gasteiger partial charge in [0, 0.05) is 30.6 Å². The second kappa shape index (κ2) is 5.60. The number of hydrogen-bond donors (Lipinski definition) is 1. The molecule has 2 aliphatic rings. The monoisotopic (exact) mass is 290 g/mol. The van der Waals surface area contributed by atoms with Crippen LogP contribution < -0.4 is 10.2 Å². The fourth-order valence-electron chi connectivity index (χ4n) is 3.68. The van der Waals surface area contributed by atoms with Crippen LogP contribution in [0.3, 0.4) is 0 Å². The Bertz CT molecular complexity index is 535. The van der Waals surface area contributed by atoms with Crippen LogP contribution in [0.15, 0.2) is 12.3 Å². The van der Waals surface area contributed by atoms with E-state index in [1.807, 2.05) is 6.07 Å². The molecule has 1 unspecified atom stereocenters. The van der Waals surface area contributed by atoms with Crippen molar-refractivity contribution in [2.75, 3.05) is 31.1 Å². The number of aryl methyl sites for hydroxylation is 1. The van der Waals surface area contributed by atoms with Crippen molar-refractivity contribution in [2.45, 2.75) is 32.6 Å². The van der Waals surface area contributed by atoms with Crippen LogP contribution in [0.2, 0.25) is 0 Å². The average molecular weight is 290 g/mol. The van der Waals surface area contributed by atoms with Gasteiger partial charge in [-0.1, -0.05) is 0 Å². The summed E-state index contributed by atoms with van der Waals surface area (Å²) in [5.74, 6) is 0.878. The minimum atomic E-state index is -0.366. The van der Waals surface area contributed by atoms with E-state index in [0.717, 1.165) is 32.0 Å². The molecule has 2 saturated heterocycles. The van der Waals surface area contributed by atoms with Crippen molar-refractivity contribution in [1.82, 2.24) is 10.3 Å². The van der Waals surface area contributed by atoms with Crippen molar-refractivity contribution in [2.24, 2.45) is 5.41 Å². The lowest BCUT2D eigenvalue weighted by Gasteiger charge is -2.45. The maximum Gasteiger partial charge on any atom is 0.290 e. The molecule has 1 aromatic rings. The normalized spacial score (nSPS) is 26.0. The van der Waals surface area contributed by atoms with Crippen LogP contribution in [0, 0.1) is 22.5 Å². The van der Waals surface area contributed by atoms with Gasteiger partial charge in [0.15, 0.2) is 0 Å². The third-order valence-corrected chi connectivity index (χ3v) is 4.81. The summed E-state index contributed by atoms with van der Waals surface area (Å²) in [6.07, 6.45) is 6.33. The SMILES string of the molecule is Cc1cc(N2CCCC3(CCCNC3)C2)ncc1[N+](=O)[O-]. The lowest BCUT2D eigenvalue weighted by atomic mass is 9.74. The van der Waals surface area contributed by atoms with Gasteiger partial charge in [0.05, 0.1) is 4.92 Å². The first-order chi connectivity index (χ1) is 10.1. The maximum atomic E-state index is 10.9. The van der Waals surface area contributed by atoms with Gasteiger partial charge in [-0.05, 0) is 45.2 Å². The van der Waals surface area contributed by atoms with Crippen molar-refractivity contribution < 1.29 is 4.92 Å². The molecule has 1 aromatic heterocycles. The number of pyridine rings is 1. The Hall–Kier alpha value is -1.69. The van der Waals surface area contributed by atoms with Gasteiger partial charge in [-0.25, -0.2) is 4.98 Å². The molecule has 6 nitrogen and oxygen atoms in total. The quantitative estimate of drug-likeness (QED) is 0.668. The van der Waals surface area contributed by atoms with Gasteiger partial charge in [0.1, 0.15) is 12.0 Å². The molecule has 114 valence electrons. The maximum absolute atomic E-state index is 10.9. The Labute approximate surface area is 124 Å². The van der Waals surface area contributed by atoms with Gasteiger partial charge >= 0.3 is 0 Å². The highest BCUT2D eigenvalue weighted by Gasteiger charge is 2.37. The Morgan fingerprint density at radius 2 is 2.24 bits per heavy atom. The summed E-state index contributed by atoms with van der Waals surface area (Å²) >= 11 is 0. The first kappa shape index (κ1) is 14.3. The van der Waals surface area contributed by atoms with E-state index >= 15 is 0 Å². The van der Waals surface area contributed by atoms with E-state index in [-0.39, 0.29) is 10.6 Å². The molecule has 1 spiro atoms. The molecule has 0 amide bonds. The molecule has 21 heavy (non-hydrogen) atoms. The molecule has 0 aliphatic carbocycles. The number of nitrogens with one attached hydrogen (secondary N) is 1. The van der Waals surface area contributed by atoms with Crippen LogP contribution in [0.1, 0.15) is 31.2 Å². The fraction of sp³-hybridized carbons (Fsp3) is 0.667. The summed E-state index contributed by atoms with van der Waals surface area (Å²) < 4.78 is 0. The molecule has 2 aliphatic heterocycles. The summed E-state index contributed by atoms with van der Waals surface area (Å²) in [5.41, 5.74) is 1.14. The van der Waals surface area contributed by atoms with E-state index in [0.29, 0.717) is 11.0 Å². The highest BCUT2D eigenvalue weighted by Crippen LogP contribution is 2.37. The number of rotatable bonds is 2. The van der Waals surface area contributed by atoms with Crippen LogP contribution >= 0.6 is 0 Å². The third kappa shape index (κ3) is 2.85. The Morgan fingerprint density at radius 3 is 2.90 bits per heavy atom. The molecule has 2 fully saturated rings. The molecule has 1 N–H and O–H groups in total. The van der Waals surface area contributed by atoms with Crippen molar-refractivity contribution in [3.63, 3.8) is 0 Å². The van der Waals surface area contributed by atoms with Crippen LogP contribution in [0.5, 0.6) is 0 Å². The Balaban J connectivity index is 1.80. The molecule has 6 heteroatoms. The molecule has 0 bridgehead atoms. The first-order valence-electron chi connectivity index (χ1n) is 7.66. The molecular formula is C15H22N4O2. The van der Waals surface area contributed by atoms with Gasteiger partial charge in [-0.3, -0.25) is 10.1 Å². The summed E-state index contributed by atoms with van der Waals surface area (Å²) in [7, 11) is 0. The lowest BCUT2D eigenvalue weighted by Crippen LogP contribution is -2.51. The standard InChI is InChI=1S/C15H22N4O2/c1-12-8-14(17-9-13(12)19(20)21)18-7-3-5-15(11-18)4-2-6-16-10-15/h8-9,16H,2-7,10-11H2,1H3. The highest BCUT2D eigenvalue weighted by molar-refractivity contribution is 5.49. The fourth-order valence-corrected chi connectivity index (χ4v) is 3.68. The van der Waals surface area contributed by atoms with Crippen LogP contribution in [0.4, 0.5) is 11.5 Å². The van der Waals surface area contributed by atoms with E-state index < -0.39 is 0 Å². The topological polar surface area (TPSA) is 71.3 Å². The van der Waals surface area contributed by atoms with Crippen molar-refractivity contribution >= 4 is 11.5 Å². The van der Waals surface area contributed by atoms with E-state index in [4.69, 9.17) is 0 Å². The van der Waals surface area contributed by atoms with Gasteiger partial charge in [0.2, 0.25) is 0 Å². The van der Waals surface area contributed by atoms with Crippen LogP contribution in [0.25, 0.3) is 0 Å². The summed E-state index contributed by atoms with van der Waals surface area (Å²) in [5, 5.41) is 14.4. The minimum absolute atomic E-state index is 0.102. The largest absolute Gasteiger partial charge is 0.356 e. The minimum Gasteiger partial charge on any atom is -0.356 e. The first-order valence-corrected chi connectivity index (χ1v) is 7.66. The zero-order chi connectivity index (χ0) is 14.9. The Morgan fingerprint density at radius 1 is 1.43 bits per heavy atom. The predicted octanol–water partition coefficient (Wildman–Crippen LogP) is 2.27. The number of nitro groups is 1. The van der Waals surface area contributed by atoms with Gasteiger partial charge < -0.3 is 10.2 Å². The Kier molecular flexibility index (Phi) is 3.80. The zero-order valence-electron chi connectivity index (χ0n) is 12.5. The van der Waals surface area contributed by atoms with Crippen molar-refractivity contribution in [3.8, 4) is 0 Å². The number of nitrogens with zero attached hydrogens (tertiary/aromatic N) is 3. The zero-order valence-corrected chi connectivity index (χ0v) is 12.5. The summed E-state index contributed by atoms with van der Waals surface area (Å²) in [6, 6.07) is 1.85. The molecule has 0 saturated carbocycles. The highest BCUT2D eigenvalue weighted by atomic mass is 16.6. The van der Waals surface area contributed by atoms with Crippen molar-refractivity contribution in [3.05, 3.63) is 27.9 Å². The number of aromatic nitrogens is 1. The molecule has 3 heterocycles. The predicted molar refractivity (Wildman–Crippen MR) is 81.6 cm³/mol. The van der Waals surface area contributed by atoms with E-state index in [9.17, 15) is 10.1 Å². The van der Waals surface area contributed by atoms with Gasteiger partial charge in [-0.15, -0.1) is 0 Å². The molecule has 0 aromatic carbocycles. The van der Waals surface area contributed by atoms with Gasteiger partial charge in [0.25, 0.3) is 5.69 Å².